The smallest absolute Gasteiger partial charge is 0.0991 e. The Morgan fingerprint density at radius 2 is 1.90 bits per heavy atom. The van der Waals surface area contributed by atoms with Crippen LogP contribution in [0, 0.1) is 18.3 Å². The number of hydrogen-bond donors (Lipinski definition) is 1. The molecule has 2 aromatic rings. The average molecular weight is 264 g/mol. The summed E-state index contributed by atoms with van der Waals surface area (Å²) in [6.45, 7) is 5.04. The van der Waals surface area contributed by atoms with Gasteiger partial charge in [0.05, 0.1) is 11.6 Å². The molecule has 102 valence electrons. The molecule has 0 heterocycles. The number of rotatable bonds is 5. The van der Waals surface area contributed by atoms with Gasteiger partial charge in [0.1, 0.15) is 0 Å². The van der Waals surface area contributed by atoms with Crippen molar-refractivity contribution < 1.29 is 0 Å². The number of benzene rings is 2. The first kappa shape index (κ1) is 14.1. The van der Waals surface area contributed by atoms with Crippen LogP contribution in [0.4, 0.5) is 5.69 Å². The maximum atomic E-state index is 8.89. The van der Waals surface area contributed by atoms with Crippen LogP contribution in [0.1, 0.15) is 35.6 Å². The Balaban J connectivity index is 2.11. The molecule has 0 aromatic heterocycles. The first-order valence-corrected chi connectivity index (χ1v) is 7.06. The first-order valence-electron chi connectivity index (χ1n) is 7.06. The second kappa shape index (κ2) is 6.77. The van der Waals surface area contributed by atoms with Crippen molar-refractivity contribution in [2.75, 3.05) is 5.32 Å². The summed E-state index contributed by atoms with van der Waals surface area (Å²) in [6, 6.07) is 16.5. The molecule has 0 amide bonds. The van der Waals surface area contributed by atoms with Gasteiger partial charge in [-0.05, 0) is 48.2 Å². The summed E-state index contributed by atoms with van der Waals surface area (Å²) >= 11 is 0. The number of nitrogens with one attached hydrogen (secondary N) is 1. The zero-order valence-electron chi connectivity index (χ0n) is 12.1. The summed E-state index contributed by atoms with van der Waals surface area (Å²) < 4.78 is 0. The van der Waals surface area contributed by atoms with Gasteiger partial charge in [-0.1, -0.05) is 37.6 Å². The average Bonchev–Trinajstić information content (AvgIpc) is 2.47. The van der Waals surface area contributed by atoms with Crippen molar-refractivity contribution in [3.05, 3.63) is 64.7 Å². The monoisotopic (exact) mass is 264 g/mol. The second-order valence-corrected chi connectivity index (χ2v) is 5.01. The van der Waals surface area contributed by atoms with Gasteiger partial charge in [-0.25, -0.2) is 0 Å². The summed E-state index contributed by atoms with van der Waals surface area (Å²) in [6.07, 6.45) is 2.24. The number of nitrogens with zero attached hydrogens (tertiary/aromatic N) is 1. The standard InChI is InChI=1S/C18H20N2/c1-3-6-16-7-4-5-8-18(16)20-13-17-10-9-15(12-19)11-14(17)2/h4-5,7-11,20H,3,6,13H2,1-2H3. The molecule has 2 rings (SSSR count). The van der Waals surface area contributed by atoms with Crippen LogP contribution in [0.25, 0.3) is 0 Å². The van der Waals surface area contributed by atoms with E-state index in [2.05, 4.69) is 49.5 Å². The predicted octanol–water partition coefficient (Wildman–Crippen LogP) is 4.43. The van der Waals surface area contributed by atoms with Crippen LogP contribution in [-0.4, -0.2) is 0 Å². The van der Waals surface area contributed by atoms with Crippen molar-refractivity contribution >= 4 is 5.69 Å². The summed E-state index contributed by atoms with van der Waals surface area (Å²) in [4.78, 5) is 0. The van der Waals surface area contributed by atoms with Crippen LogP contribution in [-0.2, 0) is 13.0 Å². The van der Waals surface area contributed by atoms with Crippen molar-refractivity contribution in [3.8, 4) is 6.07 Å². The van der Waals surface area contributed by atoms with E-state index in [0.29, 0.717) is 0 Å². The molecule has 0 radical (unpaired) electrons. The minimum atomic E-state index is 0.720. The van der Waals surface area contributed by atoms with Crippen LogP contribution in [0.5, 0.6) is 0 Å². The molecule has 0 fully saturated rings. The number of para-hydroxylation sites is 1. The molecule has 0 unspecified atom stereocenters. The first-order chi connectivity index (χ1) is 9.74. The fraction of sp³-hybridized carbons (Fsp3) is 0.278. The van der Waals surface area contributed by atoms with E-state index in [1.807, 2.05) is 18.2 Å². The topological polar surface area (TPSA) is 35.8 Å². The highest BCUT2D eigenvalue weighted by atomic mass is 14.9. The van der Waals surface area contributed by atoms with Crippen LogP contribution in [0.15, 0.2) is 42.5 Å². The molecule has 2 heteroatoms. The lowest BCUT2D eigenvalue weighted by Gasteiger charge is -2.13. The van der Waals surface area contributed by atoms with E-state index < -0.39 is 0 Å². The molecule has 2 nitrogen and oxygen atoms in total. The lowest BCUT2D eigenvalue weighted by atomic mass is 10.0. The van der Waals surface area contributed by atoms with Gasteiger partial charge in [-0.15, -0.1) is 0 Å². The quantitative estimate of drug-likeness (QED) is 0.867. The SMILES string of the molecule is CCCc1ccccc1NCc1ccc(C#N)cc1C. The third-order valence-electron chi connectivity index (χ3n) is 3.48. The molecular formula is C18H20N2. The highest BCUT2D eigenvalue weighted by molar-refractivity contribution is 5.52. The molecular weight excluding hydrogens is 244 g/mol. The van der Waals surface area contributed by atoms with Crippen molar-refractivity contribution in [1.29, 1.82) is 5.26 Å². The third kappa shape index (κ3) is 3.39. The molecule has 0 aliphatic rings. The minimum absolute atomic E-state index is 0.720. The number of nitriles is 1. The van der Waals surface area contributed by atoms with Crippen molar-refractivity contribution in [3.63, 3.8) is 0 Å². The molecule has 0 atom stereocenters. The highest BCUT2D eigenvalue weighted by Gasteiger charge is 2.03. The number of aryl methyl sites for hydroxylation is 2. The largest absolute Gasteiger partial charge is 0.381 e. The summed E-state index contributed by atoms with van der Waals surface area (Å²) in [7, 11) is 0. The minimum Gasteiger partial charge on any atom is -0.381 e. The molecule has 2 aromatic carbocycles. The zero-order chi connectivity index (χ0) is 14.4. The molecule has 0 aliphatic carbocycles. The van der Waals surface area contributed by atoms with E-state index in [-0.39, 0.29) is 0 Å². The second-order valence-electron chi connectivity index (χ2n) is 5.01. The fourth-order valence-electron chi connectivity index (χ4n) is 2.33. The van der Waals surface area contributed by atoms with E-state index in [1.165, 1.54) is 16.8 Å². The molecule has 0 saturated carbocycles. The Labute approximate surface area is 121 Å². The van der Waals surface area contributed by atoms with E-state index in [1.54, 1.807) is 0 Å². The Morgan fingerprint density at radius 3 is 2.60 bits per heavy atom. The van der Waals surface area contributed by atoms with Gasteiger partial charge < -0.3 is 5.32 Å². The maximum absolute atomic E-state index is 8.89. The van der Waals surface area contributed by atoms with Crippen LogP contribution in [0.3, 0.4) is 0 Å². The maximum Gasteiger partial charge on any atom is 0.0991 e. The Bertz CT molecular complexity index is 624. The lowest BCUT2D eigenvalue weighted by Crippen LogP contribution is -2.04. The van der Waals surface area contributed by atoms with Gasteiger partial charge in [-0.2, -0.15) is 5.26 Å². The van der Waals surface area contributed by atoms with Gasteiger partial charge in [-0.3, -0.25) is 0 Å². The predicted molar refractivity (Wildman–Crippen MR) is 83.7 cm³/mol. The molecule has 0 spiro atoms. The van der Waals surface area contributed by atoms with Gasteiger partial charge in [0, 0.05) is 12.2 Å². The van der Waals surface area contributed by atoms with Crippen LogP contribution < -0.4 is 5.32 Å². The van der Waals surface area contributed by atoms with Gasteiger partial charge >= 0.3 is 0 Å². The van der Waals surface area contributed by atoms with Crippen molar-refractivity contribution in [1.82, 2.24) is 0 Å². The zero-order valence-corrected chi connectivity index (χ0v) is 12.1. The summed E-state index contributed by atoms with van der Waals surface area (Å²) in [5.41, 5.74) is 5.68. The summed E-state index contributed by atoms with van der Waals surface area (Å²) in [5, 5.41) is 12.4. The van der Waals surface area contributed by atoms with E-state index >= 15 is 0 Å². The molecule has 0 aliphatic heterocycles. The lowest BCUT2D eigenvalue weighted by molar-refractivity contribution is 0.919. The van der Waals surface area contributed by atoms with Crippen LogP contribution in [0.2, 0.25) is 0 Å². The Morgan fingerprint density at radius 1 is 1.10 bits per heavy atom. The van der Waals surface area contributed by atoms with E-state index in [9.17, 15) is 0 Å². The molecule has 1 N–H and O–H groups in total. The third-order valence-corrected chi connectivity index (χ3v) is 3.48. The Hall–Kier alpha value is -2.27. The molecule has 0 saturated heterocycles. The van der Waals surface area contributed by atoms with E-state index in [4.69, 9.17) is 5.26 Å². The van der Waals surface area contributed by atoms with E-state index in [0.717, 1.165) is 30.5 Å². The number of anilines is 1. The Kier molecular flexibility index (Phi) is 4.79. The summed E-state index contributed by atoms with van der Waals surface area (Å²) in [5.74, 6) is 0. The molecule has 0 bridgehead atoms. The van der Waals surface area contributed by atoms with Crippen molar-refractivity contribution in [2.45, 2.75) is 33.2 Å². The normalized spacial score (nSPS) is 10.1. The highest BCUT2D eigenvalue weighted by Crippen LogP contribution is 2.19. The van der Waals surface area contributed by atoms with Gasteiger partial charge in [0.25, 0.3) is 0 Å². The van der Waals surface area contributed by atoms with Crippen molar-refractivity contribution in [2.24, 2.45) is 0 Å². The van der Waals surface area contributed by atoms with Gasteiger partial charge in [0.15, 0.2) is 0 Å². The fourth-order valence-corrected chi connectivity index (χ4v) is 2.33. The van der Waals surface area contributed by atoms with Crippen LogP contribution >= 0.6 is 0 Å². The number of hydrogen-bond acceptors (Lipinski definition) is 2. The molecule has 20 heavy (non-hydrogen) atoms. The van der Waals surface area contributed by atoms with Gasteiger partial charge in [0.2, 0.25) is 0 Å².